The first-order valence-electron chi connectivity index (χ1n) is 10.8. The van der Waals surface area contributed by atoms with E-state index in [9.17, 15) is 4.79 Å². The topological polar surface area (TPSA) is 51.5 Å². The van der Waals surface area contributed by atoms with Gasteiger partial charge in [0.05, 0.1) is 12.9 Å². The summed E-state index contributed by atoms with van der Waals surface area (Å²) in [5.74, 6) is 0.565. The van der Waals surface area contributed by atoms with Gasteiger partial charge in [0.2, 0.25) is 5.91 Å². The fourth-order valence-corrected chi connectivity index (χ4v) is 3.70. The van der Waals surface area contributed by atoms with Crippen molar-refractivity contribution in [3.63, 3.8) is 0 Å². The molecular formula is C28H27NO3. The number of aryl methyl sites for hydroxylation is 1. The quantitative estimate of drug-likeness (QED) is 0.343. The van der Waals surface area contributed by atoms with Crippen LogP contribution in [0.25, 0.3) is 27.7 Å². The monoisotopic (exact) mass is 425 g/mol. The number of furan rings is 1. The second-order valence-electron chi connectivity index (χ2n) is 7.82. The molecule has 0 saturated carbocycles. The summed E-state index contributed by atoms with van der Waals surface area (Å²) in [6.07, 6.45) is 3.40. The van der Waals surface area contributed by atoms with Gasteiger partial charge in [0.25, 0.3) is 0 Å². The van der Waals surface area contributed by atoms with Crippen LogP contribution in [-0.4, -0.2) is 12.5 Å². The Balaban J connectivity index is 1.63. The second-order valence-corrected chi connectivity index (χ2v) is 7.82. The maximum Gasteiger partial charge on any atom is 0.244 e. The predicted molar refractivity (Wildman–Crippen MR) is 129 cm³/mol. The van der Waals surface area contributed by atoms with E-state index in [0.29, 0.717) is 18.9 Å². The number of carbonyl (C=O) groups excluding carboxylic acids is 1. The van der Waals surface area contributed by atoms with E-state index in [2.05, 4.69) is 17.4 Å². The minimum absolute atomic E-state index is 0.138. The molecule has 0 radical (unpaired) electrons. The molecule has 0 bridgehead atoms. The summed E-state index contributed by atoms with van der Waals surface area (Å²) in [6, 6.07) is 22.2. The first kappa shape index (κ1) is 21.4. The van der Waals surface area contributed by atoms with Crippen molar-refractivity contribution in [1.82, 2.24) is 5.32 Å². The molecule has 1 amide bonds. The molecule has 0 aliphatic rings. The molecule has 0 aliphatic heterocycles. The van der Waals surface area contributed by atoms with E-state index in [1.54, 1.807) is 12.3 Å². The molecule has 3 aromatic carbocycles. The third kappa shape index (κ3) is 4.75. The van der Waals surface area contributed by atoms with Crippen molar-refractivity contribution in [3.8, 4) is 16.9 Å². The van der Waals surface area contributed by atoms with Crippen LogP contribution in [0.4, 0.5) is 0 Å². The molecule has 0 fully saturated rings. The molecule has 162 valence electrons. The number of nitrogens with one attached hydrogen (secondary N) is 1. The third-order valence-electron chi connectivity index (χ3n) is 5.42. The lowest BCUT2D eigenvalue weighted by Gasteiger charge is -2.12. The molecule has 4 aromatic rings. The molecule has 4 rings (SSSR count). The maximum absolute atomic E-state index is 12.6. The molecule has 0 atom stereocenters. The molecule has 0 aliphatic carbocycles. The fraction of sp³-hybridized carbons (Fsp3) is 0.179. The zero-order chi connectivity index (χ0) is 22.5. The minimum atomic E-state index is -0.138. The number of hydrogen-bond acceptors (Lipinski definition) is 3. The van der Waals surface area contributed by atoms with E-state index in [4.69, 9.17) is 9.15 Å². The third-order valence-corrected chi connectivity index (χ3v) is 5.42. The normalized spacial score (nSPS) is 11.5. The van der Waals surface area contributed by atoms with E-state index in [-0.39, 0.29) is 5.91 Å². The Morgan fingerprint density at radius 2 is 1.81 bits per heavy atom. The first-order chi connectivity index (χ1) is 15.5. The summed E-state index contributed by atoms with van der Waals surface area (Å²) in [6.45, 7) is 6.93. The number of carbonyl (C=O) groups is 1. The summed E-state index contributed by atoms with van der Waals surface area (Å²) in [4.78, 5) is 12.6. The average molecular weight is 426 g/mol. The highest BCUT2D eigenvalue weighted by atomic mass is 16.5. The minimum Gasteiger partial charge on any atom is -0.493 e. The molecule has 4 heteroatoms. The van der Waals surface area contributed by atoms with Crippen LogP contribution in [-0.2, 0) is 11.3 Å². The van der Waals surface area contributed by atoms with Crippen molar-refractivity contribution in [2.24, 2.45) is 0 Å². The van der Waals surface area contributed by atoms with Crippen molar-refractivity contribution >= 4 is 22.4 Å². The van der Waals surface area contributed by atoms with Gasteiger partial charge in [-0.25, -0.2) is 0 Å². The van der Waals surface area contributed by atoms with Gasteiger partial charge >= 0.3 is 0 Å². The number of fused-ring (bicyclic) bond motifs is 1. The van der Waals surface area contributed by atoms with Crippen LogP contribution < -0.4 is 10.1 Å². The van der Waals surface area contributed by atoms with Crippen LogP contribution in [0.3, 0.4) is 0 Å². The van der Waals surface area contributed by atoms with Crippen LogP contribution in [0.15, 0.2) is 83.5 Å². The van der Waals surface area contributed by atoms with Crippen molar-refractivity contribution in [2.75, 3.05) is 6.61 Å². The fourth-order valence-electron chi connectivity index (χ4n) is 3.70. The highest BCUT2D eigenvalue weighted by molar-refractivity contribution is 6.00. The lowest BCUT2D eigenvalue weighted by Crippen LogP contribution is -2.20. The molecule has 1 heterocycles. The summed E-state index contributed by atoms with van der Waals surface area (Å²) in [7, 11) is 0. The number of amides is 1. The van der Waals surface area contributed by atoms with E-state index >= 15 is 0 Å². The molecule has 4 nitrogen and oxygen atoms in total. The zero-order valence-electron chi connectivity index (χ0n) is 18.6. The van der Waals surface area contributed by atoms with Crippen LogP contribution >= 0.6 is 0 Å². The average Bonchev–Trinajstić information content (AvgIpc) is 3.22. The summed E-state index contributed by atoms with van der Waals surface area (Å²) >= 11 is 0. The molecule has 32 heavy (non-hydrogen) atoms. The Hall–Kier alpha value is -3.79. The summed E-state index contributed by atoms with van der Waals surface area (Å²) in [5.41, 5.74) is 6.83. The molecule has 0 unspecified atom stereocenters. The zero-order valence-corrected chi connectivity index (χ0v) is 18.6. The molecule has 1 N–H and O–H groups in total. The van der Waals surface area contributed by atoms with Gasteiger partial charge in [0.1, 0.15) is 11.3 Å². The van der Waals surface area contributed by atoms with Crippen molar-refractivity contribution in [3.05, 3.63) is 95.8 Å². The van der Waals surface area contributed by atoms with Crippen LogP contribution in [0.1, 0.15) is 30.5 Å². The molecule has 0 saturated heterocycles. The Bertz CT molecular complexity index is 1250. The lowest BCUT2D eigenvalue weighted by atomic mass is 9.99. The predicted octanol–water partition coefficient (Wildman–Crippen LogP) is 6.53. The largest absolute Gasteiger partial charge is 0.493 e. The Morgan fingerprint density at radius 1 is 1.06 bits per heavy atom. The number of allylic oxidation sites excluding steroid dienone is 1. The van der Waals surface area contributed by atoms with E-state index < -0.39 is 0 Å². The van der Waals surface area contributed by atoms with Crippen LogP contribution in [0, 0.1) is 6.92 Å². The lowest BCUT2D eigenvalue weighted by molar-refractivity contribution is -0.116. The highest BCUT2D eigenvalue weighted by Crippen LogP contribution is 2.37. The molecular weight excluding hydrogens is 398 g/mol. The van der Waals surface area contributed by atoms with E-state index in [1.165, 1.54) is 5.56 Å². The number of hydrogen-bond donors (Lipinski definition) is 1. The van der Waals surface area contributed by atoms with Crippen molar-refractivity contribution in [2.45, 2.75) is 27.3 Å². The highest BCUT2D eigenvalue weighted by Gasteiger charge is 2.15. The molecule has 0 spiro atoms. The standard InChI is InChI=1S/C28H27NO3/c1-4-31-26-16-27-24(25(18-32-27)22-8-6-5-7-9-22)15-23(26)20(3)14-28(30)29-17-21-12-10-19(2)11-13-21/h5-16,18H,4,17H2,1-3H3,(H,29,30)/b20-14+. The summed E-state index contributed by atoms with van der Waals surface area (Å²) in [5, 5.41) is 3.95. The Labute approximate surface area is 188 Å². The van der Waals surface area contributed by atoms with Gasteiger partial charge in [-0.3, -0.25) is 4.79 Å². The number of benzene rings is 3. The smallest absolute Gasteiger partial charge is 0.244 e. The Morgan fingerprint density at radius 3 is 2.53 bits per heavy atom. The van der Waals surface area contributed by atoms with Crippen molar-refractivity contribution < 1.29 is 13.9 Å². The van der Waals surface area contributed by atoms with Crippen molar-refractivity contribution in [1.29, 1.82) is 0 Å². The van der Waals surface area contributed by atoms with Gasteiger partial charge in [0, 0.05) is 35.2 Å². The van der Waals surface area contributed by atoms with Crippen LogP contribution in [0.5, 0.6) is 5.75 Å². The van der Waals surface area contributed by atoms with Gasteiger partial charge < -0.3 is 14.5 Å². The molecule has 1 aromatic heterocycles. The van der Waals surface area contributed by atoms with Gasteiger partial charge in [-0.15, -0.1) is 0 Å². The van der Waals surface area contributed by atoms with Gasteiger partial charge in [0.15, 0.2) is 0 Å². The van der Waals surface area contributed by atoms with Crippen LogP contribution in [0.2, 0.25) is 0 Å². The van der Waals surface area contributed by atoms with Gasteiger partial charge in [-0.05, 0) is 43.5 Å². The van der Waals surface area contributed by atoms with E-state index in [0.717, 1.165) is 38.8 Å². The number of ether oxygens (including phenoxy) is 1. The first-order valence-corrected chi connectivity index (χ1v) is 10.8. The SMILES string of the molecule is CCOc1cc2occ(-c3ccccc3)c2cc1/C(C)=C/C(=O)NCc1ccc(C)cc1. The summed E-state index contributed by atoms with van der Waals surface area (Å²) < 4.78 is 11.7. The maximum atomic E-state index is 12.6. The van der Waals surface area contributed by atoms with Gasteiger partial charge in [-0.1, -0.05) is 60.2 Å². The van der Waals surface area contributed by atoms with E-state index in [1.807, 2.05) is 75.4 Å². The second kappa shape index (κ2) is 9.56. The Kier molecular flexibility index (Phi) is 6.41. The number of rotatable bonds is 7. The van der Waals surface area contributed by atoms with Gasteiger partial charge in [-0.2, -0.15) is 0 Å².